The van der Waals surface area contributed by atoms with E-state index in [1.807, 2.05) is 25.8 Å². The van der Waals surface area contributed by atoms with E-state index in [-0.39, 0.29) is 5.92 Å². The van der Waals surface area contributed by atoms with Gasteiger partial charge in [-0.1, -0.05) is 19.1 Å². The summed E-state index contributed by atoms with van der Waals surface area (Å²) in [5.74, 6) is -0.190. The molecule has 0 bridgehead atoms. The molecule has 1 N–H and O–H groups in total. The fourth-order valence-electron chi connectivity index (χ4n) is 2.38. The third kappa shape index (κ3) is 4.24. The number of rotatable bonds is 6. The van der Waals surface area contributed by atoms with Gasteiger partial charge in [-0.05, 0) is 37.6 Å². The van der Waals surface area contributed by atoms with Gasteiger partial charge in [0.15, 0.2) is 0 Å². The molecule has 0 radical (unpaired) electrons. The number of aliphatic carboxylic acids is 1. The second-order valence-corrected chi connectivity index (χ2v) is 5.20. The van der Waals surface area contributed by atoms with Crippen molar-refractivity contribution in [1.29, 1.82) is 0 Å². The van der Waals surface area contributed by atoms with Crippen molar-refractivity contribution in [3.8, 4) is 5.75 Å². The standard InChI is InChI=1S/C15H23NO3/c1-10-6-13(7-11(2)14(10)19-5)9-16(4)8-12(3)15(17)18/h6-7,12H,8-9H2,1-5H3,(H,17,18). The maximum Gasteiger partial charge on any atom is 0.307 e. The third-order valence-electron chi connectivity index (χ3n) is 3.18. The van der Waals surface area contributed by atoms with Crippen LogP contribution in [0.25, 0.3) is 0 Å². The van der Waals surface area contributed by atoms with Gasteiger partial charge in [0.25, 0.3) is 0 Å². The molecule has 0 aliphatic carbocycles. The molecule has 1 aromatic rings. The molecule has 106 valence electrons. The van der Waals surface area contributed by atoms with E-state index in [1.54, 1.807) is 14.0 Å². The van der Waals surface area contributed by atoms with Gasteiger partial charge in [-0.15, -0.1) is 0 Å². The largest absolute Gasteiger partial charge is 0.496 e. The number of ether oxygens (including phenoxy) is 1. The lowest BCUT2D eigenvalue weighted by molar-refractivity contribution is -0.141. The molecular weight excluding hydrogens is 242 g/mol. The monoisotopic (exact) mass is 265 g/mol. The molecular formula is C15H23NO3. The predicted octanol–water partition coefficient (Wildman–Crippen LogP) is 2.46. The van der Waals surface area contributed by atoms with Crippen molar-refractivity contribution >= 4 is 5.97 Å². The first-order valence-corrected chi connectivity index (χ1v) is 6.40. The third-order valence-corrected chi connectivity index (χ3v) is 3.18. The van der Waals surface area contributed by atoms with Crippen LogP contribution in [0, 0.1) is 19.8 Å². The fourth-order valence-corrected chi connectivity index (χ4v) is 2.38. The van der Waals surface area contributed by atoms with Crippen LogP contribution in [0.3, 0.4) is 0 Å². The molecule has 19 heavy (non-hydrogen) atoms. The molecule has 0 heterocycles. The lowest BCUT2D eigenvalue weighted by atomic mass is 10.0. The SMILES string of the molecule is COc1c(C)cc(CN(C)CC(C)C(=O)O)cc1C. The molecule has 4 heteroatoms. The molecule has 0 fully saturated rings. The summed E-state index contributed by atoms with van der Waals surface area (Å²) in [7, 11) is 3.62. The Labute approximate surface area is 115 Å². The summed E-state index contributed by atoms with van der Waals surface area (Å²) in [6, 6.07) is 4.18. The molecule has 1 unspecified atom stereocenters. The Bertz CT molecular complexity index is 434. The molecule has 1 aromatic carbocycles. The normalized spacial score (nSPS) is 12.5. The Morgan fingerprint density at radius 3 is 2.32 bits per heavy atom. The summed E-state index contributed by atoms with van der Waals surface area (Å²) in [4.78, 5) is 12.9. The lowest BCUT2D eigenvalue weighted by Crippen LogP contribution is -2.28. The number of nitrogens with zero attached hydrogens (tertiary/aromatic N) is 1. The number of carboxylic acids is 1. The first kappa shape index (κ1) is 15.5. The van der Waals surface area contributed by atoms with Gasteiger partial charge in [-0.3, -0.25) is 4.79 Å². The van der Waals surface area contributed by atoms with Crippen molar-refractivity contribution < 1.29 is 14.6 Å². The first-order valence-electron chi connectivity index (χ1n) is 6.40. The maximum atomic E-state index is 10.8. The molecule has 1 rings (SSSR count). The number of carboxylic acid groups (broad SMARTS) is 1. The highest BCUT2D eigenvalue weighted by atomic mass is 16.5. The van der Waals surface area contributed by atoms with Crippen molar-refractivity contribution in [3.63, 3.8) is 0 Å². The van der Waals surface area contributed by atoms with Gasteiger partial charge < -0.3 is 14.7 Å². The minimum absolute atomic E-state index is 0.356. The van der Waals surface area contributed by atoms with Gasteiger partial charge in [0, 0.05) is 13.1 Å². The minimum Gasteiger partial charge on any atom is -0.496 e. The summed E-state index contributed by atoms with van der Waals surface area (Å²) < 4.78 is 5.34. The number of hydrogen-bond donors (Lipinski definition) is 1. The molecule has 0 aliphatic rings. The van der Waals surface area contributed by atoms with Crippen molar-refractivity contribution in [1.82, 2.24) is 4.90 Å². The van der Waals surface area contributed by atoms with E-state index < -0.39 is 5.97 Å². The average Bonchev–Trinajstić information content (AvgIpc) is 2.27. The van der Waals surface area contributed by atoms with Crippen LogP contribution in [-0.2, 0) is 11.3 Å². The van der Waals surface area contributed by atoms with Crippen LogP contribution in [-0.4, -0.2) is 36.7 Å². The average molecular weight is 265 g/mol. The van der Waals surface area contributed by atoms with Gasteiger partial charge in [0.05, 0.1) is 13.0 Å². The number of methoxy groups -OCH3 is 1. The summed E-state index contributed by atoms with van der Waals surface area (Å²) in [6.45, 7) is 7.05. The zero-order valence-corrected chi connectivity index (χ0v) is 12.4. The van der Waals surface area contributed by atoms with Crippen molar-refractivity contribution in [3.05, 3.63) is 28.8 Å². The quantitative estimate of drug-likeness (QED) is 0.858. The van der Waals surface area contributed by atoms with Gasteiger partial charge >= 0.3 is 5.97 Å². The van der Waals surface area contributed by atoms with E-state index in [1.165, 1.54) is 5.56 Å². The fraction of sp³-hybridized carbons (Fsp3) is 0.533. The Morgan fingerprint density at radius 2 is 1.89 bits per heavy atom. The second kappa shape index (κ2) is 6.57. The Balaban J connectivity index is 2.75. The highest BCUT2D eigenvalue weighted by Gasteiger charge is 2.14. The molecule has 0 saturated heterocycles. The van der Waals surface area contributed by atoms with E-state index in [0.717, 1.165) is 23.4 Å². The van der Waals surface area contributed by atoms with Gasteiger partial charge in [-0.2, -0.15) is 0 Å². The van der Waals surface area contributed by atoms with Crippen LogP contribution in [0.2, 0.25) is 0 Å². The first-order chi connectivity index (χ1) is 8.85. The lowest BCUT2D eigenvalue weighted by Gasteiger charge is -2.20. The van der Waals surface area contributed by atoms with Crippen LogP contribution < -0.4 is 4.74 Å². The van der Waals surface area contributed by atoms with Crippen LogP contribution >= 0.6 is 0 Å². The van der Waals surface area contributed by atoms with E-state index in [0.29, 0.717) is 6.54 Å². The van der Waals surface area contributed by atoms with Gasteiger partial charge in [-0.25, -0.2) is 0 Å². The number of benzene rings is 1. The summed E-state index contributed by atoms with van der Waals surface area (Å²) in [6.07, 6.45) is 0. The zero-order valence-electron chi connectivity index (χ0n) is 12.4. The van der Waals surface area contributed by atoms with E-state index in [4.69, 9.17) is 9.84 Å². The van der Waals surface area contributed by atoms with Crippen LogP contribution in [0.4, 0.5) is 0 Å². The van der Waals surface area contributed by atoms with E-state index in [9.17, 15) is 4.79 Å². The smallest absolute Gasteiger partial charge is 0.307 e. The molecule has 4 nitrogen and oxygen atoms in total. The van der Waals surface area contributed by atoms with Crippen molar-refractivity contribution in [2.24, 2.45) is 5.92 Å². The Kier molecular flexibility index (Phi) is 5.36. The van der Waals surface area contributed by atoms with Crippen LogP contribution in [0.1, 0.15) is 23.6 Å². The van der Waals surface area contributed by atoms with Crippen LogP contribution in [0.15, 0.2) is 12.1 Å². The van der Waals surface area contributed by atoms with E-state index >= 15 is 0 Å². The topological polar surface area (TPSA) is 49.8 Å². The maximum absolute atomic E-state index is 10.8. The summed E-state index contributed by atoms with van der Waals surface area (Å²) in [5, 5.41) is 8.91. The minimum atomic E-state index is -0.756. The molecule has 1 atom stereocenters. The molecule has 0 spiro atoms. The Hall–Kier alpha value is -1.55. The Morgan fingerprint density at radius 1 is 1.37 bits per heavy atom. The van der Waals surface area contributed by atoms with Gasteiger partial charge in [0.2, 0.25) is 0 Å². The molecule has 0 aromatic heterocycles. The second-order valence-electron chi connectivity index (χ2n) is 5.20. The van der Waals surface area contributed by atoms with Crippen LogP contribution in [0.5, 0.6) is 5.75 Å². The van der Waals surface area contributed by atoms with Crippen molar-refractivity contribution in [2.75, 3.05) is 20.7 Å². The molecule has 0 saturated carbocycles. The van der Waals surface area contributed by atoms with Crippen molar-refractivity contribution in [2.45, 2.75) is 27.3 Å². The number of hydrogen-bond acceptors (Lipinski definition) is 3. The molecule has 0 amide bonds. The number of carbonyl (C=O) groups is 1. The summed E-state index contributed by atoms with van der Waals surface area (Å²) in [5.41, 5.74) is 3.39. The highest BCUT2D eigenvalue weighted by Crippen LogP contribution is 2.24. The van der Waals surface area contributed by atoms with Gasteiger partial charge in [0.1, 0.15) is 5.75 Å². The molecule has 0 aliphatic heterocycles. The van der Waals surface area contributed by atoms with E-state index in [2.05, 4.69) is 12.1 Å². The zero-order chi connectivity index (χ0) is 14.6. The predicted molar refractivity (Wildman–Crippen MR) is 75.6 cm³/mol. The summed E-state index contributed by atoms with van der Waals surface area (Å²) >= 11 is 0. The highest BCUT2D eigenvalue weighted by molar-refractivity contribution is 5.69. The number of aryl methyl sites for hydroxylation is 2.